The summed E-state index contributed by atoms with van der Waals surface area (Å²) in [4.78, 5) is 32.4. The van der Waals surface area contributed by atoms with Crippen molar-refractivity contribution in [2.75, 3.05) is 26.2 Å². The van der Waals surface area contributed by atoms with Crippen molar-refractivity contribution in [1.29, 1.82) is 0 Å². The number of carbonyl (C=O) groups is 2. The van der Waals surface area contributed by atoms with Crippen LogP contribution in [0.1, 0.15) is 35.3 Å². The summed E-state index contributed by atoms with van der Waals surface area (Å²) in [6.45, 7) is 2.15. The van der Waals surface area contributed by atoms with E-state index in [1.807, 2.05) is 6.08 Å². The van der Waals surface area contributed by atoms with Gasteiger partial charge in [-0.25, -0.2) is 9.37 Å². The van der Waals surface area contributed by atoms with Gasteiger partial charge < -0.3 is 15.5 Å². The van der Waals surface area contributed by atoms with E-state index in [1.165, 1.54) is 24.3 Å². The molecule has 2 amide bonds. The third-order valence-electron chi connectivity index (χ3n) is 5.96. The maximum absolute atomic E-state index is 13.6. The number of nitrogens with zero attached hydrogens (tertiary/aromatic N) is 2. The summed E-state index contributed by atoms with van der Waals surface area (Å²) in [7, 11) is 0. The third-order valence-corrected chi connectivity index (χ3v) is 6.47. The summed E-state index contributed by atoms with van der Waals surface area (Å²) in [5.41, 5.74) is 0.982. The van der Waals surface area contributed by atoms with Gasteiger partial charge in [-0.2, -0.15) is 0 Å². The Morgan fingerprint density at radius 3 is 2.47 bits per heavy atom. The van der Waals surface area contributed by atoms with Crippen LogP contribution in [0.3, 0.4) is 0 Å². The van der Waals surface area contributed by atoms with Gasteiger partial charge >= 0.3 is 0 Å². The first kappa shape index (κ1) is 22.7. The van der Waals surface area contributed by atoms with Gasteiger partial charge in [0.2, 0.25) is 5.91 Å². The maximum atomic E-state index is 13.6. The molecule has 0 radical (unpaired) electrons. The molecule has 0 aliphatic carbocycles. The SMILES string of the molecule is O=C(NC1(C(=O)N2CC=C(c3ccc(F)cc3)CC2)CCNCC1)c1nc(Cl)ccc1Cl. The van der Waals surface area contributed by atoms with Crippen molar-refractivity contribution in [1.82, 2.24) is 20.5 Å². The Hall–Kier alpha value is -2.48. The van der Waals surface area contributed by atoms with Gasteiger partial charge in [-0.3, -0.25) is 9.59 Å². The fourth-order valence-electron chi connectivity index (χ4n) is 4.18. The van der Waals surface area contributed by atoms with E-state index in [0.29, 0.717) is 45.4 Å². The molecule has 0 saturated carbocycles. The van der Waals surface area contributed by atoms with Crippen LogP contribution in [0.15, 0.2) is 42.5 Å². The topological polar surface area (TPSA) is 74.3 Å². The predicted molar refractivity (Wildman–Crippen MR) is 122 cm³/mol. The molecule has 1 aromatic heterocycles. The Balaban J connectivity index is 1.53. The van der Waals surface area contributed by atoms with Crippen molar-refractivity contribution in [3.05, 3.63) is 69.7 Å². The minimum atomic E-state index is -1.04. The summed E-state index contributed by atoms with van der Waals surface area (Å²) < 4.78 is 13.2. The number of benzene rings is 1. The van der Waals surface area contributed by atoms with E-state index in [4.69, 9.17) is 23.2 Å². The minimum absolute atomic E-state index is 0.00186. The van der Waals surface area contributed by atoms with Crippen molar-refractivity contribution in [3.63, 3.8) is 0 Å². The van der Waals surface area contributed by atoms with Gasteiger partial charge in [0.1, 0.15) is 22.2 Å². The zero-order chi connectivity index (χ0) is 22.7. The van der Waals surface area contributed by atoms with Gasteiger partial charge in [0, 0.05) is 13.1 Å². The normalized spacial score (nSPS) is 18.1. The predicted octanol–water partition coefficient (Wildman–Crippen LogP) is 3.70. The Labute approximate surface area is 195 Å². The van der Waals surface area contributed by atoms with Crippen LogP contribution in [-0.4, -0.2) is 53.4 Å². The van der Waals surface area contributed by atoms with Crippen LogP contribution in [0.2, 0.25) is 10.2 Å². The van der Waals surface area contributed by atoms with Crippen LogP contribution in [0, 0.1) is 5.82 Å². The van der Waals surface area contributed by atoms with Gasteiger partial charge in [-0.15, -0.1) is 0 Å². The summed E-state index contributed by atoms with van der Waals surface area (Å²) in [5.74, 6) is -0.924. The van der Waals surface area contributed by atoms with Gasteiger partial charge in [-0.05, 0) is 67.8 Å². The molecule has 1 aromatic carbocycles. The molecule has 3 heterocycles. The molecule has 1 fully saturated rings. The third kappa shape index (κ3) is 4.80. The second kappa shape index (κ2) is 9.57. The van der Waals surface area contributed by atoms with E-state index < -0.39 is 11.4 Å². The van der Waals surface area contributed by atoms with E-state index in [1.54, 1.807) is 17.0 Å². The Morgan fingerprint density at radius 1 is 1.09 bits per heavy atom. The molecule has 0 unspecified atom stereocenters. The number of hydrogen-bond donors (Lipinski definition) is 2. The molecule has 2 aromatic rings. The lowest BCUT2D eigenvalue weighted by molar-refractivity contribution is -0.138. The summed E-state index contributed by atoms with van der Waals surface area (Å²) >= 11 is 12.1. The van der Waals surface area contributed by atoms with Crippen LogP contribution in [0.5, 0.6) is 0 Å². The molecule has 9 heteroatoms. The standard InChI is InChI=1S/C23H23Cl2FN4O2/c24-18-5-6-19(25)28-20(18)21(31)29-23(9-11-27-12-10-23)22(32)30-13-7-16(8-14-30)15-1-3-17(26)4-2-15/h1-7,27H,8-14H2,(H,29,31). The average molecular weight is 477 g/mol. The second-order valence-corrected chi connectivity index (χ2v) is 8.78. The Kier molecular flexibility index (Phi) is 6.79. The molecular formula is C23H23Cl2FN4O2. The van der Waals surface area contributed by atoms with Crippen LogP contribution < -0.4 is 10.6 Å². The molecule has 168 valence electrons. The van der Waals surface area contributed by atoms with Crippen LogP contribution in [0.4, 0.5) is 4.39 Å². The fraction of sp³-hybridized carbons (Fsp3) is 0.348. The van der Waals surface area contributed by atoms with Crippen molar-refractivity contribution in [2.45, 2.75) is 24.8 Å². The molecule has 2 aliphatic heterocycles. The maximum Gasteiger partial charge on any atom is 0.272 e. The largest absolute Gasteiger partial charge is 0.337 e. The van der Waals surface area contributed by atoms with Crippen molar-refractivity contribution < 1.29 is 14.0 Å². The van der Waals surface area contributed by atoms with Crippen molar-refractivity contribution in [2.24, 2.45) is 0 Å². The van der Waals surface area contributed by atoms with Crippen LogP contribution >= 0.6 is 23.2 Å². The lowest BCUT2D eigenvalue weighted by atomic mass is 9.85. The van der Waals surface area contributed by atoms with Crippen molar-refractivity contribution >= 4 is 40.6 Å². The minimum Gasteiger partial charge on any atom is -0.337 e. The van der Waals surface area contributed by atoms with Gasteiger partial charge in [0.05, 0.1) is 5.02 Å². The van der Waals surface area contributed by atoms with Crippen molar-refractivity contribution in [3.8, 4) is 0 Å². The second-order valence-electron chi connectivity index (χ2n) is 7.99. The van der Waals surface area contributed by atoms with Crippen LogP contribution in [0.25, 0.3) is 5.57 Å². The van der Waals surface area contributed by atoms with E-state index >= 15 is 0 Å². The number of pyridine rings is 1. The van der Waals surface area contributed by atoms with Crippen LogP contribution in [-0.2, 0) is 4.79 Å². The molecule has 0 atom stereocenters. The molecular weight excluding hydrogens is 454 g/mol. The zero-order valence-electron chi connectivity index (χ0n) is 17.3. The molecule has 0 bridgehead atoms. The molecule has 2 N–H and O–H groups in total. The molecule has 32 heavy (non-hydrogen) atoms. The summed E-state index contributed by atoms with van der Waals surface area (Å²) in [5, 5.41) is 6.49. The van der Waals surface area contributed by atoms with Gasteiger partial charge in [0.15, 0.2) is 0 Å². The lowest BCUT2D eigenvalue weighted by Crippen LogP contribution is -2.64. The molecule has 6 nitrogen and oxygen atoms in total. The van der Waals surface area contributed by atoms with E-state index in [0.717, 1.165) is 11.1 Å². The number of rotatable bonds is 4. The zero-order valence-corrected chi connectivity index (χ0v) is 18.8. The summed E-state index contributed by atoms with van der Waals surface area (Å²) in [6.07, 6.45) is 3.56. The summed E-state index contributed by atoms with van der Waals surface area (Å²) in [6, 6.07) is 9.37. The lowest BCUT2D eigenvalue weighted by Gasteiger charge is -2.41. The number of aromatic nitrogens is 1. The molecule has 4 rings (SSSR count). The van der Waals surface area contributed by atoms with E-state index in [-0.39, 0.29) is 27.6 Å². The molecule has 2 aliphatic rings. The molecule has 1 saturated heterocycles. The highest BCUT2D eigenvalue weighted by Gasteiger charge is 2.44. The van der Waals surface area contributed by atoms with Gasteiger partial charge in [0.25, 0.3) is 5.91 Å². The first-order valence-corrected chi connectivity index (χ1v) is 11.2. The molecule has 0 spiro atoms. The highest BCUT2D eigenvalue weighted by atomic mass is 35.5. The highest BCUT2D eigenvalue weighted by Crippen LogP contribution is 2.28. The Morgan fingerprint density at radius 2 is 1.81 bits per heavy atom. The number of piperidine rings is 1. The number of halogens is 3. The van der Waals surface area contributed by atoms with E-state index in [2.05, 4.69) is 15.6 Å². The number of nitrogens with one attached hydrogen (secondary N) is 2. The average Bonchev–Trinajstić information content (AvgIpc) is 2.81. The quantitative estimate of drug-likeness (QED) is 0.659. The van der Waals surface area contributed by atoms with Gasteiger partial charge in [-0.1, -0.05) is 41.4 Å². The highest BCUT2D eigenvalue weighted by molar-refractivity contribution is 6.34. The first-order chi connectivity index (χ1) is 15.4. The number of hydrogen-bond acceptors (Lipinski definition) is 4. The number of carbonyl (C=O) groups excluding carboxylic acids is 2. The Bertz CT molecular complexity index is 1050. The monoisotopic (exact) mass is 476 g/mol. The number of amides is 2. The van der Waals surface area contributed by atoms with E-state index in [9.17, 15) is 14.0 Å². The fourth-order valence-corrected chi connectivity index (χ4v) is 4.52. The smallest absolute Gasteiger partial charge is 0.272 e. The first-order valence-electron chi connectivity index (χ1n) is 10.5.